The molecule has 0 fully saturated rings. The fourth-order valence-electron chi connectivity index (χ4n) is 1.29. The third kappa shape index (κ3) is 4.63. The van der Waals surface area contributed by atoms with E-state index in [0.717, 1.165) is 5.69 Å². The molecule has 0 aliphatic heterocycles. The number of ether oxygens (including phenoxy) is 1. The van der Waals surface area contributed by atoms with Crippen LogP contribution in [0.3, 0.4) is 0 Å². The smallest absolute Gasteiger partial charge is 0.420 e. The van der Waals surface area contributed by atoms with Crippen LogP contribution in [0.2, 0.25) is 0 Å². The molecule has 1 aromatic rings. The van der Waals surface area contributed by atoms with Crippen molar-refractivity contribution in [2.24, 2.45) is 0 Å². The van der Waals surface area contributed by atoms with Gasteiger partial charge in [-0.3, -0.25) is 0 Å². The molecule has 0 saturated carbocycles. The number of aliphatic hydroxyl groups is 1. The van der Waals surface area contributed by atoms with Gasteiger partial charge in [-0.05, 0) is 45.0 Å². The average Bonchev–Trinajstić information content (AvgIpc) is 2.26. The molecular weight excluding hydrogens is 259 g/mol. The van der Waals surface area contributed by atoms with Crippen LogP contribution in [-0.4, -0.2) is 29.5 Å². The predicted molar refractivity (Wildman–Crippen MR) is 67.4 cm³/mol. The van der Waals surface area contributed by atoms with Crippen molar-refractivity contribution in [3.63, 3.8) is 0 Å². The Hall–Kier alpha value is -1.43. The molecule has 6 heteroatoms. The zero-order valence-electron chi connectivity index (χ0n) is 11.1. The Morgan fingerprint density at radius 3 is 2.16 bits per heavy atom. The lowest BCUT2D eigenvalue weighted by Crippen LogP contribution is -2.47. The van der Waals surface area contributed by atoms with Crippen LogP contribution < -0.4 is 10.1 Å². The summed E-state index contributed by atoms with van der Waals surface area (Å²) in [6.45, 7) is 3.80. The van der Waals surface area contributed by atoms with Gasteiger partial charge in [0.25, 0.3) is 0 Å². The van der Waals surface area contributed by atoms with Gasteiger partial charge in [-0.2, -0.15) is 13.2 Å². The van der Waals surface area contributed by atoms with Crippen LogP contribution in [0, 0.1) is 0 Å². The molecule has 0 bridgehead atoms. The zero-order chi connectivity index (χ0) is 14.7. The molecule has 0 amide bonds. The van der Waals surface area contributed by atoms with Gasteiger partial charge in [0.2, 0.25) is 0 Å². The van der Waals surface area contributed by atoms with E-state index in [4.69, 9.17) is 4.74 Å². The van der Waals surface area contributed by atoms with Crippen molar-refractivity contribution < 1.29 is 23.0 Å². The SMILES string of the molecule is CC(C)Nc1ccc(OCC(C)(O)C(F)(F)F)cc1. The largest absolute Gasteiger partial charge is 0.490 e. The molecule has 0 aromatic heterocycles. The van der Waals surface area contributed by atoms with Crippen molar-refractivity contribution in [2.45, 2.75) is 38.6 Å². The highest BCUT2D eigenvalue weighted by Gasteiger charge is 2.50. The van der Waals surface area contributed by atoms with Gasteiger partial charge >= 0.3 is 6.18 Å². The van der Waals surface area contributed by atoms with Crippen LogP contribution in [0.4, 0.5) is 18.9 Å². The van der Waals surface area contributed by atoms with Gasteiger partial charge in [-0.15, -0.1) is 0 Å². The Morgan fingerprint density at radius 2 is 1.74 bits per heavy atom. The van der Waals surface area contributed by atoms with Gasteiger partial charge in [0.05, 0.1) is 0 Å². The van der Waals surface area contributed by atoms with Crippen LogP contribution in [0.25, 0.3) is 0 Å². The molecule has 0 spiro atoms. The van der Waals surface area contributed by atoms with Gasteiger partial charge in [0, 0.05) is 11.7 Å². The molecule has 19 heavy (non-hydrogen) atoms. The monoisotopic (exact) mass is 277 g/mol. The van der Waals surface area contributed by atoms with E-state index in [9.17, 15) is 18.3 Å². The Morgan fingerprint density at radius 1 is 1.21 bits per heavy atom. The first-order valence-electron chi connectivity index (χ1n) is 5.90. The summed E-state index contributed by atoms with van der Waals surface area (Å²) >= 11 is 0. The average molecular weight is 277 g/mol. The molecule has 1 unspecified atom stereocenters. The van der Waals surface area contributed by atoms with Crippen molar-refractivity contribution in [1.82, 2.24) is 0 Å². The van der Waals surface area contributed by atoms with Gasteiger partial charge in [-0.1, -0.05) is 0 Å². The first-order chi connectivity index (χ1) is 8.62. The van der Waals surface area contributed by atoms with Crippen LogP contribution in [0.1, 0.15) is 20.8 Å². The second-order valence-corrected chi connectivity index (χ2v) is 4.88. The summed E-state index contributed by atoms with van der Waals surface area (Å²) in [7, 11) is 0. The zero-order valence-corrected chi connectivity index (χ0v) is 11.1. The first-order valence-corrected chi connectivity index (χ1v) is 5.90. The van der Waals surface area contributed by atoms with Crippen molar-refractivity contribution in [3.8, 4) is 5.75 Å². The highest BCUT2D eigenvalue weighted by Crippen LogP contribution is 2.30. The Labute approximate surface area is 110 Å². The highest BCUT2D eigenvalue weighted by atomic mass is 19.4. The maximum atomic E-state index is 12.4. The summed E-state index contributed by atoms with van der Waals surface area (Å²) in [4.78, 5) is 0. The minimum atomic E-state index is -4.72. The molecule has 0 aliphatic carbocycles. The predicted octanol–water partition coefficient (Wildman–Crippen LogP) is 3.20. The van der Waals surface area contributed by atoms with Gasteiger partial charge in [-0.25, -0.2) is 0 Å². The summed E-state index contributed by atoms with van der Waals surface area (Å²) in [6.07, 6.45) is -4.72. The molecule has 3 nitrogen and oxygen atoms in total. The van der Waals surface area contributed by atoms with Crippen molar-refractivity contribution in [2.75, 3.05) is 11.9 Å². The molecule has 108 valence electrons. The summed E-state index contributed by atoms with van der Waals surface area (Å²) in [6, 6.07) is 6.78. The highest BCUT2D eigenvalue weighted by molar-refractivity contribution is 5.46. The molecule has 0 aliphatic rings. The molecule has 0 saturated heterocycles. The molecule has 1 aromatic carbocycles. The van der Waals surface area contributed by atoms with E-state index in [-0.39, 0.29) is 11.8 Å². The summed E-state index contributed by atoms with van der Waals surface area (Å²) in [5, 5.41) is 12.4. The summed E-state index contributed by atoms with van der Waals surface area (Å²) in [5.74, 6) is 0.277. The second-order valence-electron chi connectivity index (χ2n) is 4.88. The van der Waals surface area contributed by atoms with E-state index in [1.165, 1.54) is 0 Å². The van der Waals surface area contributed by atoms with Gasteiger partial charge in [0.1, 0.15) is 12.4 Å². The van der Waals surface area contributed by atoms with Gasteiger partial charge in [0.15, 0.2) is 5.60 Å². The number of benzene rings is 1. The second kappa shape index (κ2) is 5.69. The van der Waals surface area contributed by atoms with E-state index < -0.39 is 18.4 Å². The number of nitrogens with one attached hydrogen (secondary N) is 1. The maximum Gasteiger partial charge on any atom is 0.420 e. The summed E-state index contributed by atoms with van der Waals surface area (Å²) < 4.78 is 42.2. The van der Waals surface area contributed by atoms with E-state index >= 15 is 0 Å². The Kier molecular flexibility index (Phi) is 4.68. The number of alkyl halides is 3. The third-order valence-corrected chi connectivity index (χ3v) is 2.44. The number of hydrogen-bond acceptors (Lipinski definition) is 3. The van der Waals surface area contributed by atoms with Crippen molar-refractivity contribution >= 4 is 5.69 Å². The lowest BCUT2D eigenvalue weighted by atomic mass is 10.1. The lowest BCUT2D eigenvalue weighted by molar-refractivity contribution is -0.260. The van der Waals surface area contributed by atoms with Gasteiger partial charge < -0.3 is 15.2 Å². The number of halogens is 3. The number of anilines is 1. The topological polar surface area (TPSA) is 41.5 Å². The van der Waals surface area contributed by atoms with Crippen LogP contribution in [0.15, 0.2) is 24.3 Å². The molecular formula is C13H18F3NO2. The minimum absolute atomic E-state index is 0.262. The molecule has 0 radical (unpaired) electrons. The van der Waals surface area contributed by atoms with E-state index in [2.05, 4.69) is 5.32 Å². The Bertz CT molecular complexity index is 399. The van der Waals surface area contributed by atoms with Crippen LogP contribution in [-0.2, 0) is 0 Å². The van der Waals surface area contributed by atoms with Crippen molar-refractivity contribution in [1.29, 1.82) is 0 Å². The van der Waals surface area contributed by atoms with E-state index in [1.54, 1.807) is 24.3 Å². The minimum Gasteiger partial charge on any atom is -0.490 e. The fourth-order valence-corrected chi connectivity index (χ4v) is 1.29. The lowest BCUT2D eigenvalue weighted by Gasteiger charge is -2.26. The van der Waals surface area contributed by atoms with E-state index in [1.807, 2.05) is 13.8 Å². The molecule has 1 rings (SSSR count). The summed E-state index contributed by atoms with van der Waals surface area (Å²) in [5.41, 5.74) is -2.01. The van der Waals surface area contributed by atoms with Crippen LogP contribution >= 0.6 is 0 Å². The normalized spacial score (nSPS) is 15.2. The third-order valence-electron chi connectivity index (χ3n) is 2.44. The maximum absolute atomic E-state index is 12.4. The molecule has 1 atom stereocenters. The van der Waals surface area contributed by atoms with E-state index in [0.29, 0.717) is 6.92 Å². The molecule has 2 N–H and O–H groups in total. The quantitative estimate of drug-likeness (QED) is 0.868. The standard InChI is InChI=1S/C13H18F3NO2/c1-9(2)17-10-4-6-11(7-5-10)19-8-12(3,18)13(14,15)16/h4-7,9,17-18H,8H2,1-3H3. The van der Waals surface area contributed by atoms with Crippen molar-refractivity contribution in [3.05, 3.63) is 24.3 Å². The number of hydrogen-bond donors (Lipinski definition) is 2. The number of rotatable bonds is 5. The first kappa shape index (κ1) is 15.6. The Balaban J connectivity index is 2.59. The van der Waals surface area contributed by atoms with Crippen LogP contribution in [0.5, 0.6) is 5.75 Å². The fraction of sp³-hybridized carbons (Fsp3) is 0.538. The molecule has 0 heterocycles.